The molecule has 2 aromatic heterocycles. The molecule has 3 heterocycles. The third-order valence-electron chi connectivity index (χ3n) is 5.40. The molecule has 0 spiro atoms. The molecule has 4 aromatic rings. The number of pyridine rings is 1. The standard InChI is InChI=1S/C24H21N5O4/c1-32-24-17(3-2-9-25-24)14-5-7-21(30)18(11-14)22-27-19-6-4-15(12-20(19)28-22)23(31)26-13-16-8-10-33-29-16/h2-7,9,11-12,30H,8,10,13H2,1H3,(H,26,31)(H,27,28). The van der Waals surface area contributed by atoms with Crippen LogP contribution in [-0.2, 0) is 4.84 Å². The Hall–Kier alpha value is -4.40. The first-order valence-electron chi connectivity index (χ1n) is 10.4. The van der Waals surface area contributed by atoms with E-state index in [0.29, 0.717) is 47.0 Å². The van der Waals surface area contributed by atoms with Gasteiger partial charge in [0, 0.05) is 23.7 Å². The molecule has 166 valence electrons. The molecule has 0 atom stereocenters. The van der Waals surface area contributed by atoms with Gasteiger partial charge < -0.3 is 25.0 Å². The SMILES string of the molecule is COc1ncccc1-c1ccc(O)c(-c2nc3ccc(C(=O)NCC4=NOCC4)cc3[nH]2)c1. The first kappa shape index (κ1) is 20.5. The quantitative estimate of drug-likeness (QED) is 0.419. The Kier molecular flexibility index (Phi) is 5.35. The minimum atomic E-state index is -0.212. The zero-order chi connectivity index (χ0) is 22.8. The van der Waals surface area contributed by atoms with E-state index in [4.69, 9.17) is 9.57 Å². The smallest absolute Gasteiger partial charge is 0.251 e. The summed E-state index contributed by atoms with van der Waals surface area (Å²) in [5.74, 6) is 0.848. The van der Waals surface area contributed by atoms with Gasteiger partial charge in [-0.25, -0.2) is 9.97 Å². The average Bonchev–Trinajstić information content (AvgIpc) is 3.52. The molecule has 0 fully saturated rings. The Morgan fingerprint density at radius 3 is 2.94 bits per heavy atom. The topological polar surface area (TPSA) is 122 Å². The molecule has 1 amide bonds. The normalized spacial score (nSPS) is 12.9. The summed E-state index contributed by atoms with van der Waals surface area (Å²) in [6.45, 7) is 0.902. The third-order valence-corrected chi connectivity index (χ3v) is 5.40. The first-order valence-corrected chi connectivity index (χ1v) is 10.4. The maximum Gasteiger partial charge on any atom is 0.251 e. The second-order valence-corrected chi connectivity index (χ2v) is 7.53. The van der Waals surface area contributed by atoms with E-state index in [9.17, 15) is 9.90 Å². The molecule has 0 radical (unpaired) electrons. The van der Waals surface area contributed by atoms with E-state index in [0.717, 1.165) is 23.3 Å². The number of rotatable bonds is 6. The molecule has 0 unspecified atom stereocenters. The number of ether oxygens (including phenoxy) is 1. The van der Waals surface area contributed by atoms with Crippen molar-refractivity contribution in [2.75, 3.05) is 20.3 Å². The molecule has 9 nitrogen and oxygen atoms in total. The molecule has 2 aromatic carbocycles. The molecule has 1 aliphatic heterocycles. The van der Waals surface area contributed by atoms with Crippen LogP contribution >= 0.6 is 0 Å². The highest BCUT2D eigenvalue weighted by Crippen LogP contribution is 2.35. The van der Waals surface area contributed by atoms with E-state index in [2.05, 4.69) is 25.4 Å². The van der Waals surface area contributed by atoms with Gasteiger partial charge in [0.1, 0.15) is 18.2 Å². The number of carbonyl (C=O) groups excluding carboxylic acids is 1. The molecular weight excluding hydrogens is 422 g/mol. The number of imidazole rings is 1. The van der Waals surface area contributed by atoms with Gasteiger partial charge in [-0.15, -0.1) is 0 Å². The molecule has 0 aliphatic carbocycles. The van der Waals surface area contributed by atoms with Gasteiger partial charge in [0.15, 0.2) is 0 Å². The van der Waals surface area contributed by atoms with Crippen molar-refractivity contribution in [1.82, 2.24) is 20.3 Å². The van der Waals surface area contributed by atoms with Crippen LogP contribution in [0.25, 0.3) is 33.5 Å². The molecule has 0 saturated carbocycles. The van der Waals surface area contributed by atoms with E-state index < -0.39 is 0 Å². The molecule has 3 N–H and O–H groups in total. The summed E-state index contributed by atoms with van der Waals surface area (Å²) in [4.78, 5) is 29.5. The molecule has 0 bridgehead atoms. The number of phenols is 1. The van der Waals surface area contributed by atoms with Crippen LogP contribution in [0.1, 0.15) is 16.8 Å². The molecule has 33 heavy (non-hydrogen) atoms. The summed E-state index contributed by atoms with van der Waals surface area (Å²) >= 11 is 0. The average molecular weight is 443 g/mol. The Labute approximate surface area is 189 Å². The van der Waals surface area contributed by atoms with E-state index >= 15 is 0 Å². The maximum atomic E-state index is 12.5. The van der Waals surface area contributed by atoms with Gasteiger partial charge in [-0.2, -0.15) is 0 Å². The number of phenolic OH excluding ortho intramolecular Hbond substituents is 1. The fraction of sp³-hybridized carbons (Fsp3) is 0.167. The predicted octanol–water partition coefficient (Wildman–Crippen LogP) is 3.51. The van der Waals surface area contributed by atoms with E-state index in [1.54, 1.807) is 43.6 Å². The minimum absolute atomic E-state index is 0.0817. The van der Waals surface area contributed by atoms with Gasteiger partial charge in [0.2, 0.25) is 5.88 Å². The van der Waals surface area contributed by atoms with Crippen LogP contribution in [0, 0.1) is 0 Å². The summed E-state index contributed by atoms with van der Waals surface area (Å²) in [5, 5.41) is 17.2. The summed E-state index contributed by atoms with van der Waals surface area (Å²) in [7, 11) is 1.56. The third kappa shape index (κ3) is 4.08. The van der Waals surface area contributed by atoms with Gasteiger partial charge in [-0.05, 0) is 48.0 Å². The van der Waals surface area contributed by atoms with Crippen molar-refractivity contribution < 1.29 is 19.5 Å². The number of nitrogens with one attached hydrogen (secondary N) is 2. The lowest BCUT2D eigenvalue weighted by atomic mass is 10.0. The minimum Gasteiger partial charge on any atom is -0.507 e. The zero-order valence-electron chi connectivity index (χ0n) is 17.8. The lowest BCUT2D eigenvalue weighted by Crippen LogP contribution is -2.28. The van der Waals surface area contributed by atoms with E-state index in [-0.39, 0.29) is 11.7 Å². The van der Waals surface area contributed by atoms with Crippen LogP contribution in [-0.4, -0.2) is 51.9 Å². The summed E-state index contributed by atoms with van der Waals surface area (Å²) in [6.07, 6.45) is 2.38. The Bertz CT molecular complexity index is 1380. The number of nitrogens with zero attached hydrogens (tertiary/aromatic N) is 3. The molecule has 0 saturated heterocycles. The lowest BCUT2D eigenvalue weighted by molar-refractivity contribution is 0.0959. The number of aromatic hydroxyl groups is 1. The number of hydrogen-bond acceptors (Lipinski definition) is 7. The second-order valence-electron chi connectivity index (χ2n) is 7.53. The van der Waals surface area contributed by atoms with Crippen LogP contribution < -0.4 is 10.1 Å². The van der Waals surface area contributed by atoms with Crippen molar-refractivity contribution in [2.45, 2.75) is 6.42 Å². The Morgan fingerprint density at radius 2 is 2.12 bits per heavy atom. The van der Waals surface area contributed by atoms with Crippen molar-refractivity contribution in [3.63, 3.8) is 0 Å². The summed E-state index contributed by atoms with van der Waals surface area (Å²) in [6, 6.07) is 14.2. The summed E-state index contributed by atoms with van der Waals surface area (Å²) in [5.41, 5.74) is 4.83. The number of carbonyl (C=O) groups is 1. The molecular formula is C24H21N5O4. The number of methoxy groups -OCH3 is 1. The number of hydrogen-bond donors (Lipinski definition) is 3. The monoisotopic (exact) mass is 443 g/mol. The Morgan fingerprint density at radius 1 is 1.21 bits per heavy atom. The van der Waals surface area contributed by atoms with Crippen LogP contribution in [0.15, 0.2) is 59.9 Å². The van der Waals surface area contributed by atoms with Crippen LogP contribution in [0.4, 0.5) is 0 Å². The number of fused-ring (bicyclic) bond motifs is 1. The van der Waals surface area contributed by atoms with Gasteiger partial charge in [-0.3, -0.25) is 4.79 Å². The number of oxime groups is 1. The molecule has 5 rings (SSSR count). The number of H-pyrrole nitrogens is 1. The van der Waals surface area contributed by atoms with Crippen LogP contribution in [0.3, 0.4) is 0 Å². The van der Waals surface area contributed by atoms with Gasteiger partial charge >= 0.3 is 0 Å². The van der Waals surface area contributed by atoms with Crippen LogP contribution in [0.2, 0.25) is 0 Å². The van der Waals surface area contributed by atoms with Crippen molar-refractivity contribution in [2.24, 2.45) is 5.16 Å². The highest BCUT2D eigenvalue weighted by Gasteiger charge is 2.16. The van der Waals surface area contributed by atoms with Crippen molar-refractivity contribution in [3.8, 4) is 34.1 Å². The molecule has 1 aliphatic rings. The second kappa shape index (κ2) is 8.62. The highest BCUT2D eigenvalue weighted by molar-refractivity contribution is 6.00. The van der Waals surface area contributed by atoms with Crippen molar-refractivity contribution in [3.05, 3.63) is 60.3 Å². The predicted molar refractivity (Wildman–Crippen MR) is 123 cm³/mol. The number of benzene rings is 2. The lowest BCUT2D eigenvalue weighted by Gasteiger charge is -2.09. The van der Waals surface area contributed by atoms with Crippen molar-refractivity contribution >= 4 is 22.7 Å². The highest BCUT2D eigenvalue weighted by atomic mass is 16.6. The van der Waals surface area contributed by atoms with E-state index in [1.165, 1.54) is 0 Å². The fourth-order valence-electron chi connectivity index (χ4n) is 3.70. The van der Waals surface area contributed by atoms with Crippen molar-refractivity contribution in [1.29, 1.82) is 0 Å². The number of aromatic nitrogens is 3. The zero-order valence-corrected chi connectivity index (χ0v) is 17.8. The van der Waals surface area contributed by atoms with E-state index in [1.807, 2.05) is 18.2 Å². The summed E-state index contributed by atoms with van der Waals surface area (Å²) < 4.78 is 5.36. The molecule has 9 heteroatoms. The number of aromatic amines is 1. The Balaban J connectivity index is 1.45. The number of amides is 1. The van der Waals surface area contributed by atoms with Crippen LogP contribution in [0.5, 0.6) is 11.6 Å². The van der Waals surface area contributed by atoms with Gasteiger partial charge in [0.25, 0.3) is 5.91 Å². The largest absolute Gasteiger partial charge is 0.507 e. The first-order chi connectivity index (χ1) is 16.1. The maximum absolute atomic E-state index is 12.5. The fourth-order valence-corrected chi connectivity index (χ4v) is 3.70. The van der Waals surface area contributed by atoms with Gasteiger partial charge in [-0.1, -0.05) is 11.2 Å². The van der Waals surface area contributed by atoms with Gasteiger partial charge in [0.05, 0.1) is 36.0 Å².